The number of amidine groups is 1. The number of thioether (sulfide) groups is 1. The van der Waals surface area contributed by atoms with Gasteiger partial charge in [-0.1, -0.05) is 30.3 Å². The van der Waals surface area contributed by atoms with Gasteiger partial charge in [0.2, 0.25) is 5.16 Å². The second-order valence-electron chi connectivity index (χ2n) is 6.79. The third-order valence-electron chi connectivity index (χ3n) is 4.39. The van der Waals surface area contributed by atoms with Crippen LogP contribution in [-0.4, -0.2) is 31.3 Å². The number of para-hydroxylation sites is 1. The number of aliphatic imine (C=N–C) groups is 1. The number of hydrogen-bond donors (Lipinski definition) is 1. The second kappa shape index (κ2) is 8.85. The molecule has 158 valence electrons. The van der Waals surface area contributed by atoms with E-state index < -0.39 is 0 Å². The highest BCUT2D eigenvalue weighted by Gasteiger charge is 2.24. The Labute approximate surface area is 191 Å². The van der Waals surface area contributed by atoms with Gasteiger partial charge in [-0.15, -0.1) is 5.10 Å². The number of rotatable bonds is 5. The molecule has 0 unspecified atom stereocenters. The van der Waals surface area contributed by atoms with Crippen LogP contribution in [0.4, 0.5) is 5.69 Å². The molecule has 1 amide bonds. The number of carbonyl (C=O) groups excluding carboxylic acids is 1. The fourth-order valence-corrected chi connectivity index (χ4v) is 4.54. The highest BCUT2D eigenvalue weighted by atomic mass is 32.2. The number of benzene rings is 2. The van der Waals surface area contributed by atoms with E-state index in [-0.39, 0.29) is 5.91 Å². The summed E-state index contributed by atoms with van der Waals surface area (Å²) in [6, 6.07) is 21.0. The Morgan fingerprint density at radius 3 is 2.84 bits per heavy atom. The smallest absolute Gasteiger partial charge is 0.264 e. The molecule has 0 radical (unpaired) electrons. The predicted octanol–water partition coefficient (Wildman–Crippen LogP) is 4.61. The highest BCUT2D eigenvalue weighted by molar-refractivity contribution is 8.18. The molecule has 2 aromatic carbocycles. The molecule has 1 fully saturated rings. The van der Waals surface area contributed by atoms with E-state index in [0.29, 0.717) is 26.1 Å². The Hall–Kier alpha value is -3.63. The maximum absolute atomic E-state index is 12.4. The first kappa shape index (κ1) is 20.3. The standard InChI is InChI=1S/C22H16N6O2S2/c1-14-6-5-7-15(12-14)23-21-24-20(29)18(31-21)13-17-10-11-19(30-17)32-22-25-26-27-28(22)16-8-3-2-4-9-16/h2-13H,1H3,(H,23,24,29)/b18-13-. The van der Waals surface area contributed by atoms with E-state index in [4.69, 9.17) is 4.42 Å². The first-order valence-corrected chi connectivity index (χ1v) is 11.2. The van der Waals surface area contributed by atoms with Crippen LogP contribution in [0.1, 0.15) is 11.3 Å². The van der Waals surface area contributed by atoms with Gasteiger partial charge in [-0.3, -0.25) is 4.79 Å². The number of hydrogen-bond acceptors (Lipinski definition) is 8. The summed E-state index contributed by atoms with van der Waals surface area (Å²) in [5.41, 5.74) is 2.76. The van der Waals surface area contributed by atoms with Crippen LogP contribution >= 0.6 is 23.5 Å². The summed E-state index contributed by atoms with van der Waals surface area (Å²) in [5.74, 6) is 0.348. The molecular formula is C22H16N6O2S2. The normalized spacial score (nSPS) is 16.1. The van der Waals surface area contributed by atoms with E-state index in [0.717, 1.165) is 16.9 Å². The fourth-order valence-electron chi connectivity index (χ4n) is 2.96. The number of aryl methyl sites for hydroxylation is 1. The van der Waals surface area contributed by atoms with Gasteiger partial charge in [-0.25, -0.2) is 4.99 Å². The minimum absolute atomic E-state index is 0.208. The number of aromatic nitrogens is 4. The molecule has 3 heterocycles. The largest absolute Gasteiger partial charge is 0.450 e. The predicted molar refractivity (Wildman–Crippen MR) is 124 cm³/mol. The first-order valence-electron chi connectivity index (χ1n) is 9.62. The Balaban J connectivity index is 1.32. The van der Waals surface area contributed by atoms with Crippen molar-refractivity contribution in [3.8, 4) is 5.69 Å². The Morgan fingerprint density at radius 1 is 1.12 bits per heavy atom. The Bertz CT molecular complexity index is 1340. The van der Waals surface area contributed by atoms with Gasteiger partial charge in [0.15, 0.2) is 10.3 Å². The summed E-state index contributed by atoms with van der Waals surface area (Å²) in [7, 11) is 0. The lowest BCUT2D eigenvalue weighted by Gasteiger charge is -2.01. The summed E-state index contributed by atoms with van der Waals surface area (Å²) in [5, 5.41) is 16.4. The molecule has 5 rings (SSSR count). The molecule has 0 spiro atoms. The number of carbonyl (C=O) groups is 1. The molecule has 0 saturated carbocycles. The van der Waals surface area contributed by atoms with Crippen LogP contribution in [0.3, 0.4) is 0 Å². The maximum Gasteiger partial charge on any atom is 0.264 e. The van der Waals surface area contributed by atoms with Crippen molar-refractivity contribution in [3.63, 3.8) is 0 Å². The van der Waals surface area contributed by atoms with Gasteiger partial charge in [0, 0.05) is 6.08 Å². The quantitative estimate of drug-likeness (QED) is 0.434. The Kier molecular flexibility index (Phi) is 5.61. The van der Waals surface area contributed by atoms with Crippen LogP contribution in [0, 0.1) is 6.92 Å². The van der Waals surface area contributed by atoms with Gasteiger partial charge in [-0.05, 0) is 82.8 Å². The summed E-state index contributed by atoms with van der Waals surface area (Å²) in [6.07, 6.45) is 1.70. The van der Waals surface area contributed by atoms with E-state index in [2.05, 4.69) is 25.8 Å². The molecule has 1 N–H and O–H groups in total. The van der Waals surface area contributed by atoms with Gasteiger partial charge < -0.3 is 9.73 Å². The zero-order valence-electron chi connectivity index (χ0n) is 16.8. The zero-order valence-corrected chi connectivity index (χ0v) is 18.4. The fraction of sp³-hybridized carbons (Fsp3) is 0.0455. The van der Waals surface area contributed by atoms with Crippen LogP contribution in [0.2, 0.25) is 0 Å². The summed E-state index contributed by atoms with van der Waals surface area (Å²) in [6.45, 7) is 2.00. The van der Waals surface area contributed by atoms with E-state index in [1.165, 1.54) is 23.5 Å². The summed E-state index contributed by atoms with van der Waals surface area (Å²) in [4.78, 5) is 17.4. The van der Waals surface area contributed by atoms with E-state index in [9.17, 15) is 4.79 Å². The molecule has 8 nitrogen and oxygen atoms in total. The number of nitrogens with one attached hydrogen (secondary N) is 1. The Morgan fingerprint density at radius 2 is 2.00 bits per heavy atom. The second-order valence-corrected chi connectivity index (χ2v) is 8.79. The number of tetrazole rings is 1. The van der Waals surface area contributed by atoms with Gasteiger partial charge in [0.1, 0.15) is 5.76 Å². The van der Waals surface area contributed by atoms with Crippen LogP contribution in [0.15, 0.2) is 91.3 Å². The topological polar surface area (TPSA) is 98.2 Å². The van der Waals surface area contributed by atoms with Crippen LogP contribution in [0.25, 0.3) is 11.8 Å². The molecule has 0 aliphatic carbocycles. The molecule has 0 atom stereocenters. The number of amides is 1. The lowest BCUT2D eigenvalue weighted by molar-refractivity contribution is -0.115. The minimum atomic E-state index is -0.208. The molecule has 4 aromatic rings. The number of furan rings is 1. The third-order valence-corrected chi connectivity index (χ3v) is 6.16. The molecule has 1 aliphatic rings. The molecule has 1 saturated heterocycles. The van der Waals surface area contributed by atoms with Gasteiger partial charge in [0.05, 0.1) is 16.3 Å². The maximum atomic E-state index is 12.4. The summed E-state index contributed by atoms with van der Waals surface area (Å²) < 4.78 is 7.51. The van der Waals surface area contributed by atoms with Crippen molar-refractivity contribution >= 4 is 46.4 Å². The third kappa shape index (κ3) is 4.51. The molecule has 2 aromatic heterocycles. The van der Waals surface area contributed by atoms with Crippen LogP contribution < -0.4 is 5.32 Å². The molecule has 32 heavy (non-hydrogen) atoms. The number of nitrogens with zero attached hydrogens (tertiary/aromatic N) is 5. The van der Waals surface area contributed by atoms with Crippen molar-refractivity contribution in [3.05, 3.63) is 83.0 Å². The lowest BCUT2D eigenvalue weighted by atomic mass is 10.2. The average Bonchev–Trinajstić information content (AvgIpc) is 3.51. The van der Waals surface area contributed by atoms with Gasteiger partial charge in [-0.2, -0.15) is 4.68 Å². The minimum Gasteiger partial charge on any atom is -0.450 e. The van der Waals surface area contributed by atoms with Crippen molar-refractivity contribution in [2.45, 2.75) is 17.2 Å². The molecule has 10 heteroatoms. The van der Waals surface area contributed by atoms with Crippen molar-refractivity contribution in [2.24, 2.45) is 4.99 Å². The van der Waals surface area contributed by atoms with Gasteiger partial charge >= 0.3 is 0 Å². The van der Waals surface area contributed by atoms with Crippen molar-refractivity contribution in [1.82, 2.24) is 25.5 Å². The van der Waals surface area contributed by atoms with Crippen molar-refractivity contribution in [2.75, 3.05) is 0 Å². The molecular weight excluding hydrogens is 444 g/mol. The van der Waals surface area contributed by atoms with E-state index in [1.807, 2.05) is 67.6 Å². The van der Waals surface area contributed by atoms with E-state index >= 15 is 0 Å². The highest BCUT2D eigenvalue weighted by Crippen LogP contribution is 2.32. The molecule has 0 bridgehead atoms. The SMILES string of the molecule is Cc1cccc(N=C2NC(=O)/C(=C/c3ccc(Sc4nnnn4-c4ccccc4)o3)S2)c1. The summed E-state index contributed by atoms with van der Waals surface area (Å²) >= 11 is 2.57. The van der Waals surface area contributed by atoms with Crippen molar-refractivity contribution in [1.29, 1.82) is 0 Å². The van der Waals surface area contributed by atoms with Crippen LogP contribution in [0.5, 0.6) is 0 Å². The van der Waals surface area contributed by atoms with Crippen LogP contribution in [-0.2, 0) is 4.79 Å². The zero-order chi connectivity index (χ0) is 21.9. The average molecular weight is 461 g/mol. The monoisotopic (exact) mass is 460 g/mol. The van der Waals surface area contributed by atoms with Crippen molar-refractivity contribution < 1.29 is 9.21 Å². The first-order chi connectivity index (χ1) is 15.6. The van der Waals surface area contributed by atoms with E-state index in [1.54, 1.807) is 16.8 Å². The molecule has 1 aliphatic heterocycles. The lowest BCUT2D eigenvalue weighted by Crippen LogP contribution is -2.19. The van der Waals surface area contributed by atoms with Gasteiger partial charge in [0.25, 0.3) is 5.91 Å².